The molecule has 0 heterocycles. The Kier molecular flexibility index (Phi) is 5.24. The first kappa shape index (κ1) is 14.2. The van der Waals surface area contributed by atoms with Crippen molar-refractivity contribution < 1.29 is 9.59 Å². The van der Waals surface area contributed by atoms with Crippen LogP contribution in [0, 0.1) is 0 Å². The van der Waals surface area contributed by atoms with Crippen molar-refractivity contribution in [3.8, 4) is 0 Å². The van der Waals surface area contributed by atoms with Gasteiger partial charge in [-0.25, -0.2) is 0 Å². The van der Waals surface area contributed by atoms with Gasteiger partial charge in [0.2, 0.25) is 0 Å². The van der Waals surface area contributed by atoms with Gasteiger partial charge < -0.3 is 4.79 Å². The summed E-state index contributed by atoms with van der Waals surface area (Å²) in [6.07, 6.45) is 2.29. The lowest BCUT2D eigenvalue weighted by molar-refractivity contribution is -0.122. The molecule has 2 nitrogen and oxygen atoms in total. The van der Waals surface area contributed by atoms with Gasteiger partial charge in [-0.15, -0.1) is 0 Å². The zero-order valence-corrected chi connectivity index (χ0v) is 11.4. The predicted molar refractivity (Wildman–Crippen MR) is 79.6 cm³/mol. The molecule has 0 spiro atoms. The Balaban J connectivity index is 2.02. The lowest BCUT2D eigenvalue weighted by Crippen LogP contribution is -2.14. The Morgan fingerprint density at radius 3 is 2.15 bits per heavy atom. The maximum absolute atomic E-state index is 12.3. The first-order valence-corrected chi connectivity index (χ1v) is 6.86. The number of benzene rings is 2. The summed E-state index contributed by atoms with van der Waals surface area (Å²) in [6.45, 7) is 0. The highest BCUT2D eigenvalue weighted by atomic mass is 16.1. The third-order valence-corrected chi connectivity index (χ3v) is 3.43. The fourth-order valence-corrected chi connectivity index (χ4v) is 2.32. The number of Topliss-reactive ketones (excluding diaryl/α,β-unsaturated/α-hetero) is 1. The van der Waals surface area contributed by atoms with E-state index in [0.717, 1.165) is 23.8 Å². The molecule has 0 aromatic heterocycles. The van der Waals surface area contributed by atoms with E-state index in [1.807, 2.05) is 60.7 Å². The van der Waals surface area contributed by atoms with Gasteiger partial charge in [-0.05, 0) is 17.5 Å². The Morgan fingerprint density at radius 2 is 1.55 bits per heavy atom. The molecule has 0 aliphatic rings. The first-order valence-electron chi connectivity index (χ1n) is 6.86. The number of ketones is 1. The zero-order chi connectivity index (χ0) is 14.2. The van der Waals surface area contributed by atoms with Crippen LogP contribution in [0.3, 0.4) is 0 Å². The fraction of sp³-hybridized carbons (Fsp3) is 0.222. The minimum atomic E-state index is -0.308. The molecule has 0 radical (unpaired) electrons. The average Bonchev–Trinajstić information content (AvgIpc) is 2.52. The Morgan fingerprint density at radius 1 is 0.950 bits per heavy atom. The lowest BCUT2D eigenvalue weighted by atomic mass is 9.89. The number of carbonyl (C=O) groups is 2. The number of hydrogen-bond donors (Lipinski definition) is 0. The van der Waals surface area contributed by atoms with Gasteiger partial charge in [-0.1, -0.05) is 60.7 Å². The molecule has 0 fully saturated rings. The SMILES string of the molecule is O=CC[C@H](C(=O)CCc1ccccc1)c1ccccc1. The Hall–Kier alpha value is -2.22. The average molecular weight is 266 g/mol. The smallest absolute Gasteiger partial charge is 0.141 e. The molecule has 2 heteroatoms. The number of aryl methyl sites for hydroxylation is 1. The quantitative estimate of drug-likeness (QED) is 0.718. The molecule has 0 aliphatic carbocycles. The minimum Gasteiger partial charge on any atom is -0.303 e. The van der Waals surface area contributed by atoms with Crippen LogP contribution in [0.4, 0.5) is 0 Å². The van der Waals surface area contributed by atoms with Gasteiger partial charge in [-0.3, -0.25) is 4.79 Å². The monoisotopic (exact) mass is 266 g/mol. The summed E-state index contributed by atoms with van der Waals surface area (Å²) in [6, 6.07) is 19.5. The molecule has 0 bridgehead atoms. The number of aldehydes is 1. The standard InChI is InChI=1S/C18H18O2/c19-14-13-17(16-9-5-2-6-10-16)18(20)12-11-15-7-3-1-4-8-15/h1-10,14,17H,11-13H2/t17-/m0/s1. The van der Waals surface area contributed by atoms with E-state index in [-0.39, 0.29) is 18.1 Å². The molecule has 2 aromatic rings. The van der Waals surface area contributed by atoms with Crippen molar-refractivity contribution in [1.82, 2.24) is 0 Å². The van der Waals surface area contributed by atoms with E-state index in [1.165, 1.54) is 0 Å². The van der Waals surface area contributed by atoms with E-state index >= 15 is 0 Å². The summed E-state index contributed by atoms with van der Waals surface area (Å²) in [7, 11) is 0. The van der Waals surface area contributed by atoms with Crippen molar-refractivity contribution in [3.63, 3.8) is 0 Å². The van der Waals surface area contributed by atoms with Crippen LogP contribution in [0.25, 0.3) is 0 Å². The van der Waals surface area contributed by atoms with Crippen LogP contribution in [0.5, 0.6) is 0 Å². The third kappa shape index (κ3) is 3.89. The zero-order valence-electron chi connectivity index (χ0n) is 11.4. The molecule has 0 saturated carbocycles. The van der Waals surface area contributed by atoms with Crippen LogP contribution in [-0.4, -0.2) is 12.1 Å². The predicted octanol–water partition coefficient (Wildman–Crippen LogP) is 3.56. The van der Waals surface area contributed by atoms with E-state index in [1.54, 1.807) is 0 Å². The molecular formula is C18H18O2. The van der Waals surface area contributed by atoms with Gasteiger partial charge in [0, 0.05) is 18.8 Å². The van der Waals surface area contributed by atoms with E-state index in [4.69, 9.17) is 0 Å². The molecule has 0 unspecified atom stereocenters. The van der Waals surface area contributed by atoms with E-state index in [2.05, 4.69) is 0 Å². The Labute approximate surface area is 119 Å². The van der Waals surface area contributed by atoms with Gasteiger partial charge in [0.1, 0.15) is 12.1 Å². The van der Waals surface area contributed by atoms with Crippen LogP contribution < -0.4 is 0 Å². The van der Waals surface area contributed by atoms with E-state index in [9.17, 15) is 9.59 Å². The highest BCUT2D eigenvalue weighted by Crippen LogP contribution is 2.22. The molecule has 2 rings (SSSR count). The molecule has 102 valence electrons. The van der Waals surface area contributed by atoms with Gasteiger partial charge in [0.05, 0.1) is 0 Å². The maximum atomic E-state index is 12.3. The molecule has 2 aromatic carbocycles. The van der Waals surface area contributed by atoms with E-state index < -0.39 is 0 Å². The molecule has 1 atom stereocenters. The summed E-state index contributed by atoms with van der Waals surface area (Å²) < 4.78 is 0. The molecule has 0 N–H and O–H groups in total. The van der Waals surface area contributed by atoms with Gasteiger partial charge in [0.15, 0.2) is 0 Å². The first-order chi connectivity index (χ1) is 9.81. The van der Waals surface area contributed by atoms with Crippen LogP contribution in [-0.2, 0) is 16.0 Å². The van der Waals surface area contributed by atoms with Crippen molar-refractivity contribution in [1.29, 1.82) is 0 Å². The molecule has 0 aliphatic heterocycles. The molecule has 0 amide bonds. The summed E-state index contributed by atoms with van der Waals surface area (Å²) in [5, 5.41) is 0. The molecule has 20 heavy (non-hydrogen) atoms. The number of carbonyl (C=O) groups excluding carboxylic acids is 2. The van der Waals surface area contributed by atoms with Crippen molar-refractivity contribution in [2.45, 2.75) is 25.2 Å². The van der Waals surface area contributed by atoms with Gasteiger partial charge in [0.25, 0.3) is 0 Å². The van der Waals surface area contributed by atoms with E-state index in [0.29, 0.717) is 6.42 Å². The van der Waals surface area contributed by atoms with Crippen molar-refractivity contribution in [2.24, 2.45) is 0 Å². The van der Waals surface area contributed by atoms with Crippen molar-refractivity contribution in [3.05, 3.63) is 71.8 Å². The third-order valence-electron chi connectivity index (χ3n) is 3.43. The van der Waals surface area contributed by atoms with Crippen molar-refractivity contribution >= 4 is 12.1 Å². The second-order valence-corrected chi connectivity index (χ2v) is 4.82. The Bertz CT molecular complexity index is 546. The highest BCUT2D eigenvalue weighted by Gasteiger charge is 2.19. The summed E-state index contributed by atoms with van der Waals surface area (Å²) >= 11 is 0. The van der Waals surface area contributed by atoms with Crippen molar-refractivity contribution in [2.75, 3.05) is 0 Å². The maximum Gasteiger partial charge on any atom is 0.141 e. The highest BCUT2D eigenvalue weighted by molar-refractivity contribution is 5.88. The molecular weight excluding hydrogens is 248 g/mol. The molecule has 0 saturated heterocycles. The number of rotatable bonds is 7. The summed E-state index contributed by atoms with van der Waals surface area (Å²) in [5.74, 6) is -0.176. The van der Waals surface area contributed by atoms with Gasteiger partial charge >= 0.3 is 0 Å². The summed E-state index contributed by atoms with van der Waals surface area (Å²) in [5.41, 5.74) is 2.08. The van der Waals surface area contributed by atoms with Crippen LogP contribution in [0.1, 0.15) is 29.9 Å². The minimum absolute atomic E-state index is 0.132. The normalized spacial score (nSPS) is 11.8. The van der Waals surface area contributed by atoms with Crippen LogP contribution >= 0.6 is 0 Å². The summed E-state index contributed by atoms with van der Waals surface area (Å²) in [4.78, 5) is 23.2. The lowest BCUT2D eigenvalue weighted by Gasteiger charge is -2.13. The van der Waals surface area contributed by atoms with Crippen LogP contribution in [0.2, 0.25) is 0 Å². The number of hydrogen-bond acceptors (Lipinski definition) is 2. The second kappa shape index (κ2) is 7.39. The largest absolute Gasteiger partial charge is 0.303 e. The second-order valence-electron chi connectivity index (χ2n) is 4.82. The fourth-order valence-electron chi connectivity index (χ4n) is 2.32. The van der Waals surface area contributed by atoms with Gasteiger partial charge in [-0.2, -0.15) is 0 Å². The van der Waals surface area contributed by atoms with Crippen LogP contribution in [0.15, 0.2) is 60.7 Å². The topological polar surface area (TPSA) is 34.1 Å².